The number of esters is 1. The molecule has 128 valence electrons. The highest BCUT2D eigenvalue weighted by atomic mass is 19.4. The number of urea groups is 1. The van der Waals surface area contributed by atoms with Crippen molar-refractivity contribution in [2.75, 3.05) is 18.5 Å². The van der Waals surface area contributed by atoms with Crippen molar-refractivity contribution in [3.63, 3.8) is 0 Å². The molecule has 2 N–H and O–H groups in total. The molecule has 0 radical (unpaired) electrons. The Kier molecular flexibility index (Phi) is 6.87. The van der Waals surface area contributed by atoms with Crippen molar-refractivity contribution < 1.29 is 27.5 Å². The fourth-order valence-corrected chi connectivity index (χ4v) is 1.54. The highest BCUT2D eigenvalue weighted by molar-refractivity contribution is 5.89. The topological polar surface area (TPSA) is 67.4 Å². The maximum absolute atomic E-state index is 12.4. The van der Waals surface area contributed by atoms with Crippen molar-refractivity contribution in [1.29, 1.82) is 0 Å². The van der Waals surface area contributed by atoms with Crippen LogP contribution in [0.25, 0.3) is 0 Å². The van der Waals surface area contributed by atoms with E-state index in [0.717, 1.165) is 24.3 Å². The lowest BCUT2D eigenvalue weighted by Gasteiger charge is -2.11. The van der Waals surface area contributed by atoms with Crippen LogP contribution in [0.15, 0.2) is 24.3 Å². The van der Waals surface area contributed by atoms with Crippen LogP contribution >= 0.6 is 0 Å². The quantitative estimate of drug-likeness (QED) is 0.620. The Morgan fingerprint density at radius 2 is 1.83 bits per heavy atom. The summed E-state index contributed by atoms with van der Waals surface area (Å²) in [4.78, 5) is 22.9. The summed E-state index contributed by atoms with van der Waals surface area (Å²) < 4.78 is 42.1. The minimum atomic E-state index is -4.42. The molecule has 8 heteroatoms. The number of carbonyl (C=O) groups is 2. The van der Waals surface area contributed by atoms with E-state index < -0.39 is 17.8 Å². The van der Waals surface area contributed by atoms with Gasteiger partial charge in [0.15, 0.2) is 0 Å². The second kappa shape index (κ2) is 8.40. The first-order valence-electron chi connectivity index (χ1n) is 7.12. The fraction of sp³-hybridized carbons (Fsp3) is 0.467. The van der Waals surface area contributed by atoms with Crippen LogP contribution < -0.4 is 10.6 Å². The minimum absolute atomic E-state index is 0.0314. The van der Waals surface area contributed by atoms with Gasteiger partial charge < -0.3 is 15.4 Å². The molecule has 1 aromatic carbocycles. The van der Waals surface area contributed by atoms with E-state index in [1.807, 2.05) is 6.92 Å². The maximum atomic E-state index is 12.4. The van der Waals surface area contributed by atoms with Gasteiger partial charge in [-0.05, 0) is 30.7 Å². The first-order valence-corrected chi connectivity index (χ1v) is 7.12. The Morgan fingerprint density at radius 3 is 2.35 bits per heavy atom. The van der Waals surface area contributed by atoms with E-state index in [0.29, 0.717) is 6.42 Å². The Labute approximate surface area is 132 Å². The number of hydrogen-bond donors (Lipinski definition) is 2. The van der Waals surface area contributed by atoms with Gasteiger partial charge in [0.05, 0.1) is 18.0 Å². The van der Waals surface area contributed by atoms with Crippen LogP contribution in [-0.4, -0.2) is 25.2 Å². The van der Waals surface area contributed by atoms with Crippen molar-refractivity contribution in [3.8, 4) is 0 Å². The van der Waals surface area contributed by atoms with Gasteiger partial charge in [-0.15, -0.1) is 0 Å². The zero-order chi connectivity index (χ0) is 17.5. The third-order valence-electron chi connectivity index (χ3n) is 3.12. The van der Waals surface area contributed by atoms with Gasteiger partial charge in [0, 0.05) is 5.69 Å². The summed E-state index contributed by atoms with van der Waals surface area (Å²) in [5.41, 5.74) is -0.562. The predicted molar refractivity (Wildman–Crippen MR) is 78.9 cm³/mol. The molecule has 0 heterocycles. The lowest BCUT2D eigenvalue weighted by atomic mass is 10.1. The molecule has 0 aliphatic heterocycles. The number of halogens is 3. The molecule has 0 saturated heterocycles. The molecule has 1 rings (SSSR count). The molecule has 5 nitrogen and oxygen atoms in total. The van der Waals surface area contributed by atoms with Crippen LogP contribution in [0.3, 0.4) is 0 Å². The highest BCUT2D eigenvalue weighted by Gasteiger charge is 2.29. The van der Waals surface area contributed by atoms with Crippen molar-refractivity contribution >= 4 is 17.7 Å². The standard InChI is InChI=1S/C15H19F3N2O3/c1-3-10(2)13(21)23-9-8-19-14(22)20-12-6-4-11(5-7-12)15(16,17)18/h4-7,10H,3,8-9H2,1-2H3,(H2,19,20,22). The summed E-state index contributed by atoms with van der Waals surface area (Å²) in [6.45, 7) is 3.74. The number of benzene rings is 1. The molecule has 1 unspecified atom stereocenters. The summed E-state index contributed by atoms with van der Waals surface area (Å²) in [6, 6.07) is 3.48. The summed E-state index contributed by atoms with van der Waals surface area (Å²) in [7, 11) is 0. The molecule has 0 saturated carbocycles. The van der Waals surface area contributed by atoms with Crippen molar-refractivity contribution in [2.45, 2.75) is 26.4 Å². The monoisotopic (exact) mass is 332 g/mol. The van der Waals surface area contributed by atoms with E-state index in [2.05, 4.69) is 10.6 Å². The summed E-state index contributed by atoms with van der Waals surface area (Å²) in [5, 5.41) is 4.82. The lowest BCUT2D eigenvalue weighted by molar-refractivity contribution is -0.147. The van der Waals surface area contributed by atoms with Gasteiger partial charge in [-0.2, -0.15) is 13.2 Å². The van der Waals surface area contributed by atoms with E-state index in [-0.39, 0.29) is 30.7 Å². The van der Waals surface area contributed by atoms with Gasteiger partial charge in [0.2, 0.25) is 0 Å². The average Bonchev–Trinajstić information content (AvgIpc) is 2.50. The van der Waals surface area contributed by atoms with Gasteiger partial charge >= 0.3 is 18.2 Å². The molecule has 0 aliphatic carbocycles. The molecule has 1 aromatic rings. The van der Waals surface area contributed by atoms with Gasteiger partial charge in [-0.1, -0.05) is 13.8 Å². The van der Waals surface area contributed by atoms with E-state index in [1.54, 1.807) is 6.92 Å². The summed E-state index contributed by atoms with van der Waals surface area (Å²) in [5.74, 6) is -0.534. The number of hydrogen-bond acceptors (Lipinski definition) is 3. The van der Waals surface area contributed by atoms with Crippen molar-refractivity contribution in [3.05, 3.63) is 29.8 Å². The van der Waals surface area contributed by atoms with E-state index in [4.69, 9.17) is 4.74 Å². The number of rotatable bonds is 6. The van der Waals surface area contributed by atoms with E-state index in [1.165, 1.54) is 0 Å². The first-order chi connectivity index (χ1) is 10.7. The van der Waals surface area contributed by atoms with E-state index >= 15 is 0 Å². The normalized spacial score (nSPS) is 12.4. The molecule has 23 heavy (non-hydrogen) atoms. The molecular weight excluding hydrogens is 313 g/mol. The third-order valence-corrected chi connectivity index (χ3v) is 3.12. The summed E-state index contributed by atoms with van der Waals surface area (Å²) >= 11 is 0. The lowest BCUT2D eigenvalue weighted by Crippen LogP contribution is -2.32. The smallest absolute Gasteiger partial charge is 0.416 e. The Hall–Kier alpha value is -2.25. The number of nitrogens with one attached hydrogen (secondary N) is 2. The molecule has 0 aliphatic rings. The predicted octanol–water partition coefficient (Wildman–Crippen LogP) is 3.42. The number of amides is 2. The zero-order valence-corrected chi connectivity index (χ0v) is 12.9. The third kappa shape index (κ3) is 6.58. The van der Waals surface area contributed by atoms with Gasteiger partial charge in [0.1, 0.15) is 6.61 Å². The first kappa shape index (κ1) is 18.8. The molecule has 0 fully saturated rings. The molecule has 0 bridgehead atoms. The van der Waals surface area contributed by atoms with Crippen molar-refractivity contribution in [1.82, 2.24) is 5.32 Å². The van der Waals surface area contributed by atoms with E-state index in [9.17, 15) is 22.8 Å². The molecule has 2 amide bonds. The molecule has 0 spiro atoms. The number of anilines is 1. The Balaban J connectivity index is 2.33. The summed E-state index contributed by atoms with van der Waals surface area (Å²) in [6.07, 6.45) is -3.75. The Morgan fingerprint density at radius 1 is 1.22 bits per heavy atom. The van der Waals surface area contributed by atoms with Crippen LogP contribution in [0.1, 0.15) is 25.8 Å². The highest BCUT2D eigenvalue weighted by Crippen LogP contribution is 2.29. The van der Waals surface area contributed by atoms with Crippen LogP contribution in [0.5, 0.6) is 0 Å². The van der Waals surface area contributed by atoms with Gasteiger partial charge in [-0.25, -0.2) is 4.79 Å². The second-order valence-electron chi connectivity index (χ2n) is 4.93. The largest absolute Gasteiger partial charge is 0.464 e. The Bertz CT molecular complexity index is 530. The van der Waals surface area contributed by atoms with Crippen molar-refractivity contribution in [2.24, 2.45) is 5.92 Å². The van der Waals surface area contributed by atoms with Crippen LogP contribution in [0.4, 0.5) is 23.7 Å². The SMILES string of the molecule is CCC(C)C(=O)OCCNC(=O)Nc1ccc(C(F)(F)F)cc1. The average molecular weight is 332 g/mol. The fourth-order valence-electron chi connectivity index (χ4n) is 1.54. The maximum Gasteiger partial charge on any atom is 0.416 e. The number of ether oxygens (including phenoxy) is 1. The van der Waals surface area contributed by atoms with Crippen LogP contribution in [0, 0.1) is 5.92 Å². The zero-order valence-electron chi connectivity index (χ0n) is 12.9. The minimum Gasteiger partial charge on any atom is -0.464 e. The van der Waals surface area contributed by atoms with Gasteiger partial charge in [0.25, 0.3) is 0 Å². The number of alkyl halides is 3. The van der Waals surface area contributed by atoms with Crippen LogP contribution in [0.2, 0.25) is 0 Å². The second-order valence-corrected chi connectivity index (χ2v) is 4.93. The van der Waals surface area contributed by atoms with Crippen LogP contribution in [-0.2, 0) is 15.7 Å². The molecule has 0 aromatic heterocycles. The number of carbonyl (C=O) groups excluding carboxylic acids is 2. The molecule has 1 atom stereocenters. The van der Waals surface area contributed by atoms with Gasteiger partial charge in [-0.3, -0.25) is 4.79 Å². The molecular formula is C15H19F3N2O3.